The summed E-state index contributed by atoms with van der Waals surface area (Å²) in [5, 5.41) is 2.61. The van der Waals surface area contributed by atoms with Crippen molar-refractivity contribution in [2.24, 2.45) is 0 Å². The highest BCUT2D eigenvalue weighted by atomic mass is 16.5. The summed E-state index contributed by atoms with van der Waals surface area (Å²) in [6, 6.07) is 0. The average Bonchev–Trinajstić information content (AvgIpc) is 2.18. The van der Waals surface area contributed by atoms with E-state index in [1.165, 1.54) is 7.11 Å². The van der Waals surface area contributed by atoms with Gasteiger partial charge in [-0.2, -0.15) is 0 Å². The Labute approximate surface area is 83.8 Å². The number of methoxy groups -OCH3 is 2. The Balaban J connectivity index is 3.31. The van der Waals surface area contributed by atoms with Crippen LogP contribution in [0.4, 0.5) is 0 Å². The lowest BCUT2D eigenvalue weighted by Crippen LogP contribution is -2.26. The topological polar surface area (TPSA) is 64.6 Å². The van der Waals surface area contributed by atoms with Crippen LogP contribution >= 0.6 is 0 Å². The first kappa shape index (κ1) is 12.9. The Morgan fingerprint density at radius 3 is 2.50 bits per heavy atom. The van der Waals surface area contributed by atoms with E-state index in [1.807, 2.05) is 0 Å². The first-order chi connectivity index (χ1) is 6.70. The Bertz CT molecular complexity index is 182. The van der Waals surface area contributed by atoms with Crippen LogP contribution in [-0.2, 0) is 19.1 Å². The van der Waals surface area contributed by atoms with Gasteiger partial charge in [0.1, 0.15) is 0 Å². The minimum Gasteiger partial charge on any atom is -0.469 e. The molecule has 0 aliphatic heterocycles. The van der Waals surface area contributed by atoms with Gasteiger partial charge in [0.05, 0.1) is 13.5 Å². The number of carbonyl (C=O) groups is 2. The monoisotopic (exact) mass is 203 g/mol. The van der Waals surface area contributed by atoms with Crippen LogP contribution < -0.4 is 5.32 Å². The summed E-state index contributed by atoms with van der Waals surface area (Å²) in [7, 11) is 2.91. The minimum atomic E-state index is -0.317. The fourth-order valence-corrected chi connectivity index (χ4v) is 0.871. The van der Waals surface area contributed by atoms with Crippen LogP contribution in [0.1, 0.15) is 19.3 Å². The van der Waals surface area contributed by atoms with Crippen molar-refractivity contribution in [3.63, 3.8) is 0 Å². The predicted molar refractivity (Wildman–Crippen MR) is 50.8 cm³/mol. The van der Waals surface area contributed by atoms with Crippen molar-refractivity contribution in [2.45, 2.75) is 19.3 Å². The van der Waals surface area contributed by atoms with Crippen molar-refractivity contribution >= 4 is 11.9 Å². The van der Waals surface area contributed by atoms with E-state index in [-0.39, 0.29) is 18.3 Å². The van der Waals surface area contributed by atoms with Crippen LogP contribution in [-0.4, -0.2) is 39.2 Å². The number of ether oxygens (including phenoxy) is 2. The van der Waals surface area contributed by atoms with Crippen LogP contribution in [0.5, 0.6) is 0 Å². The molecule has 1 amide bonds. The van der Waals surface area contributed by atoms with Gasteiger partial charge in [0.25, 0.3) is 0 Å². The second-order valence-corrected chi connectivity index (χ2v) is 2.77. The molecule has 1 N–H and O–H groups in total. The standard InChI is InChI=1S/C9H17NO4/c1-13-7-3-4-8(11)10-6-5-9(12)14-2/h3-7H2,1-2H3,(H,10,11). The van der Waals surface area contributed by atoms with E-state index in [1.54, 1.807) is 7.11 Å². The molecule has 0 bridgehead atoms. The Morgan fingerprint density at radius 1 is 1.21 bits per heavy atom. The van der Waals surface area contributed by atoms with Gasteiger partial charge < -0.3 is 14.8 Å². The molecule has 0 aromatic rings. The summed E-state index contributed by atoms with van der Waals surface area (Å²) in [6.07, 6.45) is 1.34. The van der Waals surface area contributed by atoms with Crippen molar-refractivity contribution in [1.29, 1.82) is 0 Å². The molecular weight excluding hydrogens is 186 g/mol. The third-order valence-corrected chi connectivity index (χ3v) is 1.63. The van der Waals surface area contributed by atoms with Crippen molar-refractivity contribution in [3.8, 4) is 0 Å². The molecule has 0 heterocycles. The van der Waals surface area contributed by atoms with Gasteiger partial charge in [0.15, 0.2) is 0 Å². The maximum atomic E-state index is 11.1. The van der Waals surface area contributed by atoms with Crippen molar-refractivity contribution in [2.75, 3.05) is 27.4 Å². The maximum absolute atomic E-state index is 11.1. The van der Waals surface area contributed by atoms with Crippen molar-refractivity contribution < 1.29 is 19.1 Å². The van der Waals surface area contributed by atoms with E-state index in [2.05, 4.69) is 10.1 Å². The van der Waals surface area contributed by atoms with Gasteiger partial charge in [0.2, 0.25) is 5.91 Å². The number of hydrogen-bond donors (Lipinski definition) is 1. The van der Waals surface area contributed by atoms with E-state index in [4.69, 9.17) is 4.74 Å². The number of rotatable bonds is 7. The first-order valence-corrected chi connectivity index (χ1v) is 4.53. The zero-order valence-electron chi connectivity index (χ0n) is 8.67. The minimum absolute atomic E-state index is 0.0639. The molecule has 0 aliphatic carbocycles. The highest BCUT2D eigenvalue weighted by Gasteiger charge is 2.03. The molecule has 0 rings (SSSR count). The molecule has 0 atom stereocenters. The number of amides is 1. The van der Waals surface area contributed by atoms with Gasteiger partial charge in [0, 0.05) is 26.7 Å². The quantitative estimate of drug-likeness (QED) is 0.470. The molecule has 0 radical (unpaired) electrons. The van der Waals surface area contributed by atoms with E-state index in [0.29, 0.717) is 26.0 Å². The van der Waals surface area contributed by atoms with Crippen LogP contribution in [0.25, 0.3) is 0 Å². The lowest BCUT2D eigenvalue weighted by atomic mass is 10.3. The molecule has 0 aliphatic rings. The smallest absolute Gasteiger partial charge is 0.307 e. The lowest BCUT2D eigenvalue weighted by Gasteiger charge is -2.03. The molecule has 0 aromatic heterocycles. The molecule has 0 fully saturated rings. The average molecular weight is 203 g/mol. The van der Waals surface area contributed by atoms with E-state index < -0.39 is 0 Å². The summed E-state index contributed by atoms with van der Waals surface area (Å²) < 4.78 is 9.22. The highest BCUT2D eigenvalue weighted by Crippen LogP contribution is 1.89. The molecule has 0 unspecified atom stereocenters. The van der Waals surface area contributed by atoms with Crippen LogP contribution in [0.3, 0.4) is 0 Å². The highest BCUT2D eigenvalue weighted by molar-refractivity contribution is 5.76. The zero-order valence-corrected chi connectivity index (χ0v) is 8.67. The summed E-state index contributed by atoms with van der Waals surface area (Å²) in [5.74, 6) is -0.381. The van der Waals surface area contributed by atoms with Crippen LogP contribution in [0.2, 0.25) is 0 Å². The number of hydrogen-bond acceptors (Lipinski definition) is 4. The number of nitrogens with one attached hydrogen (secondary N) is 1. The summed E-state index contributed by atoms with van der Waals surface area (Å²) in [5.41, 5.74) is 0. The van der Waals surface area contributed by atoms with E-state index >= 15 is 0 Å². The molecule has 5 heteroatoms. The zero-order chi connectivity index (χ0) is 10.8. The van der Waals surface area contributed by atoms with Crippen molar-refractivity contribution in [1.82, 2.24) is 5.32 Å². The van der Waals surface area contributed by atoms with Gasteiger partial charge in [-0.15, -0.1) is 0 Å². The molecule has 0 saturated carbocycles. The fraction of sp³-hybridized carbons (Fsp3) is 0.778. The fourth-order valence-electron chi connectivity index (χ4n) is 0.871. The predicted octanol–water partition coefficient (Wildman–Crippen LogP) is 0.0923. The van der Waals surface area contributed by atoms with Gasteiger partial charge in [-0.25, -0.2) is 0 Å². The van der Waals surface area contributed by atoms with Gasteiger partial charge >= 0.3 is 5.97 Å². The van der Waals surface area contributed by atoms with Crippen LogP contribution in [0.15, 0.2) is 0 Å². The van der Waals surface area contributed by atoms with Crippen LogP contribution in [0, 0.1) is 0 Å². The molecular formula is C9H17NO4. The maximum Gasteiger partial charge on any atom is 0.307 e. The normalized spacial score (nSPS) is 9.57. The largest absolute Gasteiger partial charge is 0.469 e. The molecule has 0 saturated heterocycles. The molecule has 82 valence electrons. The Morgan fingerprint density at radius 2 is 1.93 bits per heavy atom. The summed E-state index contributed by atoms with van der Waals surface area (Å²) in [6.45, 7) is 0.906. The third kappa shape index (κ3) is 7.54. The van der Waals surface area contributed by atoms with E-state index in [9.17, 15) is 9.59 Å². The second kappa shape index (κ2) is 8.50. The third-order valence-electron chi connectivity index (χ3n) is 1.63. The summed E-state index contributed by atoms with van der Waals surface area (Å²) in [4.78, 5) is 21.7. The summed E-state index contributed by atoms with van der Waals surface area (Å²) >= 11 is 0. The Hall–Kier alpha value is -1.10. The van der Waals surface area contributed by atoms with Gasteiger partial charge in [-0.1, -0.05) is 0 Å². The van der Waals surface area contributed by atoms with Crippen molar-refractivity contribution in [3.05, 3.63) is 0 Å². The first-order valence-electron chi connectivity index (χ1n) is 4.53. The lowest BCUT2D eigenvalue weighted by molar-refractivity contribution is -0.140. The SMILES string of the molecule is COCCCC(=O)NCCC(=O)OC. The second-order valence-electron chi connectivity index (χ2n) is 2.77. The number of esters is 1. The van der Waals surface area contributed by atoms with Gasteiger partial charge in [-0.3, -0.25) is 9.59 Å². The Kier molecular flexibility index (Phi) is 7.83. The molecule has 14 heavy (non-hydrogen) atoms. The van der Waals surface area contributed by atoms with E-state index in [0.717, 1.165) is 0 Å². The molecule has 0 spiro atoms. The molecule has 5 nitrogen and oxygen atoms in total. The molecule has 0 aromatic carbocycles. The van der Waals surface area contributed by atoms with Gasteiger partial charge in [-0.05, 0) is 6.42 Å². The number of carbonyl (C=O) groups excluding carboxylic acids is 2.